The first-order valence-electron chi connectivity index (χ1n) is 12.5. The molecule has 1 saturated heterocycles. The summed E-state index contributed by atoms with van der Waals surface area (Å²) in [6.07, 6.45) is 8.16. The van der Waals surface area contributed by atoms with Crippen molar-refractivity contribution in [3.63, 3.8) is 0 Å². The molecule has 0 radical (unpaired) electrons. The SMILES string of the molecule is CCOCCCOC(=O)c1cc2cc(NC(=O)[C@H]3NCC[C@H]3C3CCCCC3)ccc2n1C.Cl. The molecule has 1 aliphatic heterocycles. The molecule has 2 fully saturated rings. The number of ether oxygens (including phenoxy) is 2. The molecule has 0 spiro atoms. The van der Waals surface area contributed by atoms with E-state index < -0.39 is 0 Å². The largest absolute Gasteiger partial charge is 0.461 e. The van der Waals surface area contributed by atoms with Crippen LogP contribution >= 0.6 is 12.4 Å². The zero-order valence-corrected chi connectivity index (χ0v) is 21.1. The van der Waals surface area contributed by atoms with Gasteiger partial charge in [0.05, 0.1) is 12.6 Å². The second kappa shape index (κ2) is 12.6. The molecular formula is C26H38ClN3O4. The molecule has 1 aliphatic carbocycles. The molecule has 2 atom stereocenters. The Hall–Kier alpha value is -2.09. The molecule has 2 aliphatic rings. The van der Waals surface area contributed by atoms with Crippen LogP contribution in [0, 0.1) is 11.8 Å². The average Bonchev–Trinajstić information content (AvgIpc) is 3.44. The minimum atomic E-state index is -0.346. The number of aryl methyl sites for hydroxylation is 1. The number of aromatic nitrogens is 1. The Bertz CT molecular complexity index is 970. The van der Waals surface area contributed by atoms with Gasteiger partial charge in [-0.1, -0.05) is 32.1 Å². The maximum Gasteiger partial charge on any atom is 0.354 e. The van der Waals surface area contributed by atoms with Gasteiger partial charge in [-0.05, 0) is 56.0 Å². The fourth-order valence-electron chi connectivity index (χ4n) is 5.47. The van der Waals surface area contributed by atoms with E-state index in [1.807, 2.05) is 42.8 Å². The highest BCUT2D eigenvalue weighted by Gasteiger charge is 2.38. The molecule has 1 aromatic heterocycles. The van der Waals surface area contributed by atoms with Gasteiger partial charge >= 0.3 is 5.97 Å². The van der Waals surface area contributed by atoms with Crippen LogP contribution in [0.1, 0.15) is 62.4 Å². The summed E-state index contributed by atoms with van der Waals surface area (Å²) in [5.41, 5.74) is 2.18. The minimum absolute atomic E-state index is 0. The number of halogens is 1. The maximum atomic E-state index is 13.1. The number of hydrogen-bond donors (Lipinski definition) is 2. The van der Waals surface area contributed by atoms with Crippen LogP contribution in [-0.2, 0) is 21.3 Å². The van der Waals surface area contributed by atoms with Crippen LogP contribution in [0.5, 0.6) is 0 Å². The Morgan fingerprint density at radius 1 is 1.12 bits per heavy atom. The molecule has 8 heteroatoms. The van der Waals surface area contributed by atoms with Gasteiger partial charge < -0.3 is 24.7 Å². The Balaban J connectivity index is 0.00000324. The predicted octanol–water partition coefficient (Wildman–Crippen LogP) is 4.68. The summed E-state index contributed by atoms with van der Waals surface area (Å²) in [6.45, 7) is 4.43. The Morgan fingerprint density at radius 3 is 2.68 bits per heavy atom. The van der Waals surface area contributed by atoms with Crippen molar-refractivity contribution in [2.45, 2.75) is 57.9 Å². The highest BCUT2D eigenvalue weighted by atomic mass is 35.5. The average molecular weight is 492 g/mol. The summed E-state index contributed by atoms with van der Waals surface area (Å²) in [7, 11) is 1.86. The minimum Gasteiger partial charge on any atom is -0.461 e. The molecule has 34 heavy (non-hydrogen) atoms. The highest BCUT2D eigenvalue weighted by Crippen LogP contribution is 2.36. The van der Waals surface area contributed by atoms with E-state index in [4.69, 9.17) is 9.47 Å². The second-order valence-corrected chi connectivity index (χ2v) is 9.32. The summed E-state index contributed by atoms with van der Waals surface area (Å²) in [5.74, 6) is 0.784. The van der Waals surface area contributed by atoms with Crippen LogP contribution in [0.2, 0.25) is 0 Å². The third-order valence-electron chi connectivity index (χ3n) is 7.20. The highest BCUT2D eigenvalue weighted by molar-refractivity contribution is 6.00. The number of benzene rings is 1. The van der Waals surface area contributed by atoms with E-state index in [2.05, 4.69) is 10.6 Å². The van der Waals surface area contributed by atoms with Crippen LogP contribution in [0.25, 0.3) is 10.9 Å². The van der Waals surface area contributed by atoms with E-state index >= 15 is 0 Å². The van der Waals surface area contributed by atoms with Crippen LogP contribution in [-0.4, -0.2) is 48.9 Å². The first-order chi connectivity index (χ1) is 16.1. The molecule has 2 heterocycles. The van der Waals surface area contributed by atoms with E-state index in [1.165, 1.54) is 32.1 Å². The van der Waals surface area contributed by atoms with E-state index in [9.17, 15) is 9.59 Å². The summed E-state index contributed by atoms with van der Waals surface area (Å²) in [4.78, 5) is 25.6. The standard InChI is InChI=1S/C26H37N3O4.ClH/c1-3-32-14-7-15-33-26(31)23-17-19-16-20(10-11-22(19)29(23)2)28-25(30)24-21(12-13-27-24)18-8-5-4-6-9-18;/h10-11,16-18,21,24,27H,3-9,12-15H2,1-2H3,(H,28,30);1H/t21-,24-;/m0./s1. The molecule has 2 aromatic rings. The van der Waals surface area contributed by atoms with E-state index in [0.717, 1.165) is 29.6 Å². The summed E-state index contributed by atoms with van der Waals surface area (Å²) < 4.78 is 12.5. The fraction of sp³-hybridized carbons (Fsp3) is 0.615. The molecule has 4 rings (SSSR count). The number of fused-ring (bicyclic) bond motifs is 1. The third kappa shape index (κ3) is 6.12. The van der Waals surface area contributed by atoms with Gasteiger partial charge in [0.2, 0.25) is 5.91 Å². The predicted molar refractivity (Wildman–Crippen MR) is 137 cm³/mol. The molecule has 1 saturated carbocycles. The third-order valence-corrected chi connectivity index (χ3v) is 7.20. The van der Waals surface area contributed by atoms with Crippen LogP contribution in [0.4, 0.5) is 5.69 Å². The molecule has 0 unspecified atom stereocenters. The Labute approximate surface area is 208 Å². The smallest absolute Gasteiger partial charge is 0.354 e. The number of carbonyl (C=O) groups is 2. The first-order valence-corrected chi connectivity index (χ1v) is 12.5. The normalized spacial score (nSPS) is 20.8. The van der Waals surface area contributed by atoms with Crippen molar-refractivity contribution >= 4 is 40.9 Å². The van der Waals surface area contributed by atoms with E-state index in [-0.39, 0.29) is 30.3 Å². The molecule has 188 valence electrons. The lowest BCUT2D eigenvalue weighted by Gasteiger charge is -2.30. The second-order valence-electron chi connectivity index (χ2n) is 9.32. The Morgan fingerprint density at radius 2 is 1.91 bits per heavy atom. The lowest BCUT2D eigenvalue weighted by atomic mass is 9.76. The van der Waals surface area contributed by atoms with E-state index in [0.29, 0.717) is 43.8 Å². The van der Waals surface area contributed by atoms with Gasteiger partial charge in [-0.2, -0.15) is 0 Å². The van der Waals surface area contributed by atoms with Gasteiger partial charge in [-0.15, -0.1) is 12.4 Å². The number of esters is 1. The molecule has 1 amide bonds. The number of nitrogens with zero attached hydrogens (tertiary/aromatic N) is 1. The van der Waals surface area contributed by atoms with Crippen LogP contribution < -0.4 is 10.6 Å². The number of anilines is 1. The summed E-state index contributed by atoms with van der Waals surface area (Å²) in [6, 6.07) is 7.49. The quantitative estimate of drug-likeness (QED) is 0.393. The van der Waals surface area contributed by atoms with Gasteiger partial charge in [0, 0.05) is 43.3 Å². The lowest BCUT2D eigenvalue weighted by molar-refractivity contribution is -0.119. The zero-order chi connectivity index (χ0) is 23.2. The molecule has 0 bridgehead atoms. The molecule has 2 N–H and O–H groups in total. The van der Waals surface area contributed by atoms with Gasteiger partial charge in [0.25, 0.3) is 0 Å². The molecular weight excluding hydrogens is 454 g/mol. The van der Waals surface area contributed by atoms with Crippen molar-refractivity contribution in [3.8, 4) is 0 Å². The zero-order valence-electron chi connectivity index (χ0n) is 20.3. The number of nitrogens with one attached hydrogen (secondary N) is 2. The van der Waals surface area contributed by atoms with Crippen molar-refractivity contribution in [2.24, 2.45) is 18.9 Å². The maximum absolute atomic E-state index is 13.1. The summed E-state index contributed by atoms with van der Waals surface area (Å²) in [5, 5.41) is 7.45. The van der Waals surface area contributed by atoms with E-state index in [1.54, 1.807) is 0 Å². The number of amides is 1. The lowest BCUT2D eigenvalue weighted by Crippen LogP contribution is -2.42. The van der Waals surface area contributed by atoms with Crippen LogP contribution in [0.3, 0.4) is 0 Å². The van der Waals surface area contributed by atoms with Crippen molar-refractivity contribution in [3.05, 3.63) is 30.0 Å². The molecule has 7 nitrogen and oxygen atoms in total. The van der Waals surface area contributed by atoms with Crippen molar-refractivity contribution in [2.75, 3.05) is 31.7 Å². The topological polar surface area (TPSA) is 81.6 Å². The van der Waals surface area contributed by atoms with Crippen molar-refractivity contribution in [1.29, 1.82) is 0 Å². The van der Waals surface area contributed by atoms with Crippen LogP contribution in [0.15, 0.2) is 24.3 Å². The van der Waals surface area contributed by atoms with Gasteiger partial charge in [0.1, 0.15) is 5.69 Å². The summed E-state index contributed by atoms with van der Waals surface area (Å²) >= 11 is 0. The van der Waals surface area contributed by atoms with Crippen molar-refractivity contribution < 1.29 is 19.1 Å². The number of rotatable bonds is 9. The first kappa shape index (κ1) is 26.5. The number of carbonyl (C=O) groups excluding carboxylic acids is 2. The monoisotopic (exact) mass is 491 g/mol. The fourth-order valence-corrected chi connectivity index (χ4v) is 5.47. The van der Waals surface area contributed by atoms with Crippen molar-refractivity contribution in [1.82, 2.24) is 9.88 Å². The molecule has 1 aromatic carbocycles. The van der Waals surface area contributed by atoms with Gasteiger partial charge in [-0.3, -0.25) is 4.79 Å². The van der Waals surface area contributed by atoms with Gasteiger partial charge in [0.15, 0.2) is 0 Å². The Kier molecular flexibility index (Phi) is 9.80. The van der Waals surface area contributed by atoms with Gasteiger partial charge in [-0.25, -0.2) is 4.79 Å². The number of hydrogen-bond acceptors (Lipinski definition) is 5.